The van der Waals surface area contributed by atoms with E-state index in [0.29, 0.717) is 5.92 Å². The SMILES string of the molecule is CC(C)C(=O)NCC1CCN(c2ncccn2)CC1. The lowest BCUT2D eigenvalue weighted by Gasteiger charge is -2.32. The van der Waals surface area contributed by atoms with Gasteiger partial charge in [-0.15, -0.1) is 0 Å². The van der Waals surface area contributed by atoms with Crippen molar-refractivity contribution in [3.8, 4) is 0 Å². The van der Waals surface area contributed by atoms with Gasteiger partial charge in [0.2, 0.25) is 11.9 Å². The number of piperidine rings is 1. The Morgan fingerprint density at radius 2 is 2.00 bits per heavy atom. The molecule has 0 aromatic carbocycles. The van der Waals surface area contributed by atoms with Gasteiger partial charge in [0.1, 0.15) is 0 Å². The van der Waals surface area contributed by atoms with Gasteiger partial charge in [-0.2, -0.15) is 0 Å². The highest BCUT2D eigenvalue weighted by Crippen LogP contribution is 2.19. The number of carbonyl (C=O) groups excluding carboxylic acids is 1. The second-order valence-corrected chi connectivity index (χ2v) is 5.38. The lowest BCUT2D eigenvalue weighted by Crippen LogP contribution is -2.40. The summed E-state index contributed by atoms with van der Waals surface area (Å²) in [4.78, 5) is 22.3. The zero-order valence-electron chi connectivity index (χ0n) is 11.7. The van der Waals surface area contributed by atoms with Crippen LogP contribution in [0.2, 0.25) is 0 Å². The molecule has 1 aromatic rings. The molecule has 104 valence electrons. The molecule has 1 amide bonds. The Kier molecular flexibility index (Phi) is 4.71. The monoisotopic (exact) mass is 262 g/mol. The van der Waals surface area contributed by atoms with Gasteiger partial charge in [-0.1, -0.05) is 13.8 Å². The molecular formula is C14H22N4O. The molecule has 1 aliphatic heterocycles. The van der Waals surface area contributed by atoms with Gasteiger partial charge >= 0.3 is 0 Å². The van der Waals surface area contributed by atoms with Crippen molar-refractivity contribution in [1.82, 2.24) is 15.3 Å². The number of aromatic nitrogens is 2. The second-order valence-electron chi connectivity index (χ2n) is 5.38. The molecule has 5 heteroatoms. The van der Waals surface area contributed by atoms with E-state index in [9.17, 15) is 4.79 Å². The molecule has 1 N–H and O–H groups in total. The fourth-order valence-corrected chi connectivity index (χ4v) is 2.24. The highest BCUT2D eigenvalue weighted by atomic mass is 16.1. The third-order valence-electron chi connectivity index (χ3n) is 3.54. The first-order valence-electron chi connectivity index (χ1n) is 6.96. The van der Waals surface area contributed by atoms with Crippen LogP contribution in [0.4, 0.5) is 5.95 Å². The van der Waals surface area contributed by atoms with Gasteiger partial charge in [0, 0.05) is 37.9 Å². The molecule has 1 aromatic heterocycles. The first-order chi connectivity index (χ1) is 9.16. The molecule has 19 heavy (non-hydrogen) atoms. The standard InChI is InChI=1S/C14H22N4O/c1-11(2)13(19)17-10-12-4-8-18(9-5-12)14-15-6-3-7-16-14/h3,6-7,11-12H,4-5,8-10H2,1-2H3,(H,17,19). The zero-order valence-corrected chi connectivity index (χ0v) is 11.7. The van der Waals surface area contributed by atoms with Crippen LogP contribution in [-0.4, -0.2) is 35.5 Å². The Labute approximate surface area is 114 Å². The molecule has 0 atom stereocenters. The third-order valence-corrected chi connectivity index (χ3v) is 3.54. The lowest BCUT2D eigenvalue weighted by atomic mass is 9.97. The predicted molar refractivity (Wildman–Crippen MR) is 74.8 cm³/mol. The minimum Gasteiger partial charge on any atom is -0.356 e. The summed E-state index contributed by atoms with van der Waals surface area (Å²) in [5.41, 5.74) is 0. The third kappa shape index (κ3) is 3.91. The summed E-state index contributed by atoms with van der Waals surface area (Å²) in [7, 11) is 0. The highest BCUT2D eigenvalue weighted by molar-refractivity contribution is 5.77. The molecule has 0 radical (unpaired) electrons. The largest absolute Gasteiger partial charge is 0.356 e. The first-order valence-corrected chi connectivity index (χ1v) is 6.96. The molecule has 2 heterocycles. The lowest BCUT2D eigenvalue weighted by molar-refractivity contribution is -0.124. The topological polar surface area (TPSA) is 58.1 Å². The van der Waals surface area contributed by atoms with Crippen LogP contribution >= 0.6 is 0 Å². The van der Waals surface area contributed by atoms with E-state index in [2.05, 4.69) is 20.2 Å². The van der Waals surface area contributed by atoms with Crippen molar-refractivity contribution in [3.63, 3.8) is 0 Å². The Bertz CT molecular complexity index is 399. The van der Waals surface area contributed by atoms with Crippen molar-refractivity contribution in [1.29, 1.82) is 0 Å². The van der Waals surface area contributed by atoms with Crippen molar-refractivity contribution < 1.29 is 4.79 Å². The minimum atomic E-state index is 0.0674. The summed E-state index contributed by atoms with van der Waals surface area (Å²) in [6.07, 6.45) is 5.71. The fourth-order valence-electron chi connectivity index (χ4n) is 2.24. The van der Waals surface area contributed by atoms with Gasteiger partial charge in [-0.25, -0.2) is 9.97 Å². The van der Waals surface area contributed by atoms with Gasteiger partial charge < -0.3 is 10.2 Å². The number of nitrogens with one attached hydrogen (secondary N) is 1. The Morgan fingerprint density at radius 1 is 1.37 bits per heavy atom. The molecule has 1 aliphatic rings. The van der Waals surface area contributed by atoms with Crippen LogP contribution in [0.5, 0.6) is 0 Å². The van der Waals surface area contributed by atoms with Gasteiger partial charge in [-0.3, -0.25) is 4.79 Å². The molecule has 0 aliphatic carbocycles. The van der Waals surface area contributed by atoms with E-state index in [1.165, 1.54) is 0 Å². The van der Waals surface area contributed by atoms with E-state index in [0.717, 1.165) is 38.4 Å². The van der Waals surface area contributed by atoms with E-state index in [1.54, 1.807) is 12.4 Å². The van der Waals surface area contributed by atoms with Crippen LogP contribution in [0.15, 0.2) is 18.5 Å². The van der Waals surface area contributed by atoms with E-state index in [-0.39, 0.29) is 11.8 Å². The van der Waals surface area contributed by atoms with Gasteiger partial charge in [0.05, 0.1) is 0 Å². The summed E-state index contributed by atoms with van der Waals surface area (Å²) < 4.78 is 0. The minimum absolute atomic E-state index is 0.0674. The maximum atomic E-state index is 11.5. The summed E-state index contributed by atoms with van der Waals surface area (Å²) in [5.74, 6) is 1.60. The number of hydrogen-bond acceptors (Lipinski definition) is 4. The van der Waals surface area contributed by atoms with E-state index in [4.69, 9.17) is 0 Å². The number of nitrogens with zero attached hydrogens (tertiary/aromatic N) is 3. The van der Waals surface area contributed by atoms with Crippen molar-refractivity contribution >= 4 is 11.9 Å². The maximum absolute atomic E-state index is 11.5. The molecule has 1 fully saturated rings. The summed E-state index contributed by atoms with van der Waals surface area (Å²) >= 11 is 0. The predicted octanol–water partition coefficient (Wildman–Crippen LogP) is 1.47. The normalized spacial score (nSPS) is 16.7. The zero-order chi connectivity index (χ0) is 13.7. The van der Waals surface area contributed by atoms with Crippen molar-refractivity contribution in [3.05, 3.63) is 18.5 Å². The molecule has 0 saturated carbocycles. The molecular weight excluding hydrogens is 240 g/mol. The van der Waals surface area contributed by atoms with E-state index in [1.807, 2.05) is 19.9 Å². The Morgan fingerprint density at radius 3 is 2.58 bits per heavy atom. The number of hydrogen-bond donors (Lipinski definition) is 1. The summed E-state index contributed by atoms with van der Waals surface area (Å²) in [5, 5.41) is 3.02. The average Bonchev–Trinajstić information content (AvgIpc) is 2.46. The van der Waals surface area contributed by atoms with Gasteiger partial charge in [-0.05, 0) is 24.8 Å². The van der Waals surface area contributed by atoms with Crippen molar-refractivity contribution in [2.75, 3.05) is 24.5 Å². The number of carbonyl (C=O) groups is 1. The summed E-state index contributed by atoms with van der Waals surface area (Å²) in [6, 6.07) is 1.83. The van der Waals surface area contributed by atoms with Gasteiger partial charge in [0.15, 0.2) is 0 Å². The van der Waals surface area contributed by atoms with Crippen LogP contribution in [0.3, 0.4) is 0 Å². The molecule has 5 nitrogen and oxygen atoms in total. The smallest absolute Gasteiger partial charge is 0.225 e. The fraction of sp³-hybridized carbons (Fsp3) is 0.643. The van der Waals surface area contributed by atoms with Crippen LogP contribution in [0.1, 0.15) is 26.7 Å². The molecule has 0 unspecified atom stereocenters. The molecule has 0 spiro atoms. The van der Waals surface area contributed by atoms with E-state index >= 15 is 0 Å². The number of rotatable bonds is 4. The Hall–Kier alpha value is -1.65. The number of anilines is 1. The summed E-state index contributed by atoms with van der Waals surface area (Å²) in [6.45, 7) is 6.56. The highest BCUT2D eigenvalue weighted by Gasteiger charge is 2.21. The van der Waals surface area contributed by atoms with Gasteiger partial charge in [0.25, 0.3) is 0 Å². The number of amides is 1. The maximum Gasteiger partial charge on any atom is 0.225 e. The second kappa shape index (κ2) is 6.50. The molecule has 1 saturated heterocycles. The Balaban J connectivity index is 1.75. The van der Waals surface area contributed by atoms with Crippen molar-refractivity contribution in [2.45, 2.75) is 26.7 Å². The average molecular weight is 262 g/mol. The first kappa shape index (κ1) is 13.8. The van der Waals surface area contributed by atoms with Crippen LogP contribution in [0.25, 0.3) is 0 Å². The molecule has 0 bridgehead atoms. The van der Waals surface area contributed by atoms with Crippen molar-refractivity contribution in [2.24, 2.45) is 11.8 Å². The van der Waals surface area contributed by atoms with Crippen LogP contribution in [-0.2, 0) is 4.79 Å². The van der Waals surface area contributed by atoms with Crippen LogP contribution in [0, 0.1) is 11.8 Å². The van der Waals surface area contributed by atoms with E-state index < -0.39 is 0 Å². The van der Waals surface area contributed by atoms with Crippen LogP contribution < -0.4 is 10.2 Å². The quantitative estimate of drug-likeness (QED) is 0.892. The molecule has 2 rings (SSSR count).